The number of amides is 8. The minimum Gasteiger partial charge on any atom is -0.481 e. The number of hydrogen-bond acceptors (Lipinski definition) is 18. The molecule has 0 saturated carbocycles. The predicted molar refractivity (Wildman–Crippen MR) is 294 cm³/mol. The zero-order chi connectivity index (χ0) is 64.4. The number of nitrogens with two attached hydrogens (primary N) is 1. The molecule has 1 heterocycles. The fourth-order valence-electron chi connectivity index (χ4n) is 8.74. The quantitative estimate of drug-likeness (QED) is 0.0245. The van der Waals surface area contributed by atoms with Gasteiger partial charge in [-0.3, -0.25) is 66.9 Å². The van der Waals surface area contributed by atoms with Gasteiger partial charge >= 0.3 is 40.2 Å². The van der Waals surface area contributed by atoms with Crippen LogP contribution in [0.3, 0.4) is 0 Å². The van der Waals surface area contributed by atoms with E-state index in [1.54, 1.807) is 44.2 Å². The third-order valence-electron chi connectivity index (χ3n) is 13.5. The lowest BCUT2D eigenvalue weighted by atomic mass is 9.96. The number of aliphatic carboxylic acids is 5. The highest BCUT2D eigenvalue weighted by Gasteiger charge is 2.42. The van der Waals surface area contributed by atoms with E-state index < -0.39 is 206 Å². The summed E-state index contributed by atoms with van der Waals surface area (Å²) in [6, 6.07) is -1.57. The molecule has 1 aliphatic rings. The molecule has 8 amide bonds. The molecule has 0 spiro atoms. The van der Waals surface area contributed by atoms with Gasteiger partial charge in [0, 0.05) is 38.6 Å². The van der Waals surface area contributed by atoms with Gasteiger partial charge < -0.3 is 82.4 Å². The highest BCUT2D eigenvalue weighted by molar-refractivity contribution is 7.81. The second-order valence-electron chi connectivity index (χ2n) is 20.1. The number of rotatable bonds is 38. The van der Waals surface area contributed by atoms with Crippen molar-refractivity contribution in [3.8, 4) is 5.75 Å². The van der Waals surface area contributed by atoms with Gasteiger partial charge in [-0.2, -0.15) is 8.42 Å². The van der Waals surface area contributed by atoms with Crippen molar-refractivity contribution in [1.29, 1.82) is 0 Å². The average Bonchev–Trinajstić information content (AvgIpc) is 3.75. The summed E-state index contributed by atoms with van der Waals surface area (Å²) in [5.41, 5.74) is 6.54. The standard InChI is InChI=1S/C53H71N9O23S/c1-3-28(2)45(61-50(78)37(18-22-43(70)71)57-48(76)35(16-20-41(66)67)58-51(79)38(25-29-8-5-4-6-9-29)60-46(74)33(54)26-44(72)73)53(81)62-23-7-10-39(62)52(80)59-36(17-21-42(68)69)49(77)56-34(15-19-40(64)65)47(75)55-31(27-63)24-30-11-13-32(14-12-30)85-86(82,83)84/h4-6,8-9,11-14,27-28,31,33-39,45H,3,7,10,15-26,54H2,1-2H3,(H,55,75)(H,56,77)(H,57,76)(H,58,79)(H,59,80)(H,60,74)(H,61,78)(H,64,65)(H,66,67)(H,68,69)(H,70,71)(H,72,73)(H,82,83,84)/t28-,31-,33-,34-,35-,36-,37-,38-,39-,45-/m0/s1. The van der Waals surface area contributed by atoms with Crippen LogP contribution in [-0.2, 0) is 90.4 Å². The maximum absolute atomic E-state index is 14.6. The van der Waals surface area contributed by atoms with E-state index in [9.17, 15) is 96.0 Å². The Morgan fingerprint density at radius 3 is 1.47 bits per heavy atom. The summed E-state index contributed by atoms with van der Waals surface area (Å²) in [5.74, 6) is -16.8. The first-order chi connectivity index (χ1) is 40.4. The highest BCUT2D eigenvalue weighted by Crippen LogP contribution is 2.23. The lowest BCUT2D eigenvalue weighted by Crippen LogP contribution is -2.61. The molecule has 0 aromatic heterocycles. The number of hydrogen-bond donors (Lipinski definition) is 14. The van der Waals surface area contributed by atoms with Crippen molar-refractivity contribution in [3.05, 3.63) is 65.7 Å². The average molecular weight is 1230 g/mol. The molecule has 10 atom stereocenters. The summed E-state index contributed by atoms with van der Waals surface area (Å²) >= 11 is 0. The van der Waals surface area contributed by atoms with E-state index in [4.69, 9.17) is 15.4 Å². The SMILES string of the molecule is CC[C@H](C)[C@H](NC(=O)[C@H](CCC(=O)O)NC(=O)[C@H](CCC(=O)O)NC(=O)[C@H](Cc1ccccc1)NC(=O)[C@@H](N)CC(=O)O)C(=O)N1CCC[C@H]1C(=O)N[C@@H](CCC(=O)O)C(=O)N[C@@H](CCC(=O)O)C(=O)N[C@H](C=O)Cc1ccc(OS(=O)(=O)O)cc1. The Morgan fingerprint density at radius 1 is 0.593 bits per heavy atom. The summed E-state index contributed by atoms with van der Waals surface area (Å²) in [6.45, 7) is 3.06. The molecule has 2 aromatic carbocycles. The van der Waals surface area contributed by atoms with E-state index >= 15 is 0 Å². The number of carboxylic acid groups (broad SMARTS) is 5. The number of nitrogens with zero attached hydrogens (tertiary/aromatic N) is 1. The van der Waals surface area contributed by atoms with Gasteiger partial charge in [-0.1, -0.05) is 62.7 Å². The number of likely N-dealkylation sites (tertiary alicyclic amines) is 1. The van der Waals surface area contributed by atoms with Crippen LogP contribution in [0.5, 0.6) is 5.75 Å². The minimum atomic E-state index is -4.86. The van der Waals surface area contributed by atoms with E-state index in [1.807, 2.05) is 0 Å². The van der Waals surface area contributed by atoms with Gasteiger partial charge in [-0.25, -0.2) is 0 Å². The van der Waals surface area contributed by atoms with Crippen LogP contribution < -0.4 is 47.1 Å². The predicted octanol–water partition coefficient (Wildman–Crippen LogP) is -2.46. The van der Waals surface area contributed by atoms with Gasteiger partial charge in [0.2, 0.25) is 47.3 Å². The Bertz CT molecular complexity index is 2900. The maximum Gasteiger partial charge on any atom is 0.446 e. The summed E-state index contributed by atoms with van der Waals surface area (Å²) in [5, 5.41) is 63.9. The molecule has 2 aromatic rings. The number of carbonyl (C=O) groups excluding carboxylic acids is 9. The van der Waals surface area contributed by atoms with E-state index in [0.29, 0.717) is 17.4 Å². The van der Waals surface area contributed by atoms with Crippen LogP contribution in [0.2, 0.25) is 0 Å². The molecule has 1 aliphatic heterocycles. The molecule has 32 nitrogen and oxygen atoms in total. The molecule has 86 heavy (non-hydrogen) atoms. The van der Waals surface area contributed by atoms with Crippen molar-refractivity contribution in [2.45, 2.75) is 158 Å². The van der Waals surface area contributed by atoms with E-state index in [2.05, 4.69) is 41.4 Å². The lowest BCUT2D eigenvalue weighted by molar-refractivity contribution is -0.144. The molecule has 3 rings (SSSR count). The third kappa shape index (κ3) is 25.0. The van der Waals surface area contributed by atoms with Gasteiger partial charge in [0.15, 0.2) is 0 Å². The Labute approximate surface area is 492 Å². The number of carboxylic acids is 5. The maximum atomic E-state index is 14.6. The zero-order valence-corrected chi connectivity index (χ0v) is 47.5. The summed E-state index contributed by atoms with van der Waals surface area (Å²) in [7, 11) is -4.86. The summed E-state index contributed by atoms with van der Waals surface area (Å²) in [4.78, 5) is 183. The molecule has 0 unspecified atom stereocenters. The second kappa shape index (κ2) is 34.6. The van der Waals surface area contributed by atoms with Gasteiger partial charge in [-0.05, 0) is 74.1 Å². The number of benzene rings is 2. The molecule has 1 fully saturated rings. The zero-order valence-electron chi connectivity index (χ0n) is 46.7. The van der Waals surface area contributed by atoms with Crippen LogP contribution in [0.4, 0.5) is 0 Å². The molecular formula is C53H71N9O23S. The first-order valence-corrected chi connectivity index (χ1v) is 28.3. The first kappa shape index (κ1) is 71.2. The lowest BCUT2D eigenvalue weighted by Gasteiger charge is -2.33. The molecule has 15 N–H and O–H groups in total. The molecule has 0 radical (unpaired) electrons. The first-order valence-electron chi connectivity index (χ1n) is 26.9. The summed E-state index contributed by atoms with van der Waals surface area (Å²) < 4.78 is 35.4. The van der Waals surface area contributed by atoms with E-state index in [1.165, 1.54) is 12.1 Å². The topological polar surface area (TPSA) is 517 Å². The van der Waals surface area contributed by atoms with Crippen molar-refractivity contribution in [3.63, 3.8) is 0 Å². The molecule has 0 bridgehead atoms. The Kier molecular flexibility index (Phi) is 28.6. The summed E-state index contributed by atoms with van der Waals surface area (Å²) in [6.07, 6.45) is -6.12. The van der Waals surface area contributed by atoms with Crippen molar-refractivity contribution >= 4 is 93.8 Å². The Hall–Kier alpha value is -9.11. The van der Waals surface area contributed by atoms with Crippen molar-refractivity contribution < 1.29 is 110 Å². The van der Waals surface area contributed by atoms with Crippen LogP contribution in [0.25, 0.3) is 0 Å². The third-order valence-corrected chi connectivity index (χ3v) is 13.9. The number of nitrogens with one attached hydrogen (secondary N) is 7. The fraction of sp³-hybridized carbons (Fsp3) is 0.509. The molecule has 33 heteroatoms. The minimum absolute atomic E-state index is 0.0508. The molecule has 0 aliphatic carbocycles. The van der Waals surface area contributed by atoms with Crippen molar-refractivity contribution in [1.82, 2.24) is 42.1 Å². The highest BCUT2D eigenvalue weighted by atomic mass is 32.3. The van der Waals surface area contributed by atoms with Crippen molar-refractivity contribution in [2.75, 3.05) is 6.54 Å². The van der Waals surface area contributed by atoms with Gasteiger partial charge in [0.05, 0.1) is 18.5 Å². The van der Waals surface area contributed by atoms with Crippen LogP contribution >= 0.6 is 0 Å². The van der Waals surface area contributed by atoms with Crippen molar-refractivity contribution in [2.24, 2.45) is 11.7 Å². The van der Waals surface area contributed by atoms with Gasteiger partial charge in [0.1, 0.15) is 54.3 Å². The Balaban J connectivity index is 1.88. The number of carbonyl (C=O) groups is 14. The Morgan fingerprint density at radius 2 is 1.02 bits per heavy atom. The fourth-order valence-corrected chi connectivity index (χ4v) is 9.10. The normalized spacial score (nSPS) is 16.0. The monoisotopic (exact) mass is 1230 g/mol. The second-order valence-corrected chi connectivity index (χ2v) is 21.1. The smallest absolute Gasteiger partial charge is 0.446 e. The molecule has 1 saturated heterocycles. The van der Waals surface area contributed by atoms with Crippen LogP contribution in [0.1, 0.15) is 102 Å². The van der Waals surface area contributed by atoms with Crippen LogP contribution in [0, 0.1) is 5.92 Å². The van der Waals surface area contributed by atoms with E-state index in [0.717, 1.165) is 17.0 Å². The largest absolute Gasteiger partial charge is 0.481 e. The molecular weight excluding hydrogens is 1160 g/mol. The van der Waals surface area contributed by atoms with E-state index in [-0.39, 0.29) is 44.4 Å². The molecule has 472 valence electrons. The number of aldehydes is 1. The van der Waals surface area contributed by atoms with Gasteiger partial charge in [-0.15, -0.1) is 0 Å². The van der Waals surface area contributed by atoms with Gasteiger partial charge in [0.25, 0.3) is 0 Å². The van der Waals surface area contributed by atoms with Crippen LogP contribution in [-0.4, -0.2) is 188 Å². The van der Waals surface area contributed by atoms with Crippen LogP contribution in [0.15, 0.2) is 54.6 Å².